The molecule has 2 aromatic heterocycles. The van der Waals surface area contributed by atoms with E-state index in [1.165, 1.54) is 54.9 Å². The van der Waals surface area contributed by atoms with E-state index in [4.69, 9.17) is 20.3 Å². The van der Waals surface area contributed by atoms with E-state index in [9.17, 15) is 0 Å². The largest absolute Gasteiger partial charge is 4.00 e. The van der Waals surface area contributed by atoms with Gasteiger partial charge in [0.1, 0.15) is 0 Å². The summed E-state index contributed by atoms with van der Waals surface area (Å²) in [6.07, 6.45) is 0. The van der Waals surface area contributed by atoms with E-state index in [2.05, 4.69) is 111 Å². The number of nitrogens with two attached hydrogens (primary N) is 2. The molecule has 0 atom stereocenters. The molecule has 7 heteroatoms. The number of halogens is 2. The summed E-state index contributed by atoms with van der Waals surface area (Å²) in [5.74, 6) is 3.71. The molecule has 0 aliphatic rings. The van der Waals surface area contributed by atoms with Crippen LogP contribution in [0.25, 0.3) is 66.4 Å². The molecule has 0 radical (unpaired) electrons. The maximum Gasteiger partial charge on any atom is 4.00 e. The molecule has 8 aromatic rings. The molecule has 0 bridgehead atoms. The number of benzene rings is 4. The molecule has 0 saturated carbocycles. The van der Waals surface area contributed by atoms with Crippen molar-refractivity contribution in [2.24, 2.45) is 11.5 Å². The van der Waals surface area contributed by atoms with Gasteiger partial charge in [-0.2, -0.15) is 0 Å². The van der Waals surface area contributed by atoms with Crippen LogP contribution in [0.2, 0.25) is 0 Å². The molecule has 0 unspecified atom stereocenters. The van der Waals surface area contributed by atoms with Crippen molar-refractivity contribution in [2.45, 2.75) is 40.8 Å². The molecule has 0 spiro atoms. The summed E-state index contributed by atoms with van der Waals surface area (Å²) in [6, 6.07) is 42.7. The van der Waals surface area contributed by atoms with Crippen molar-refractivity contribution in [3.63, 3.8) is 0 Å². The third kappa shape index (κ3) is 8.25. The maximum atomic E-state index is 5.79. The number of hydrogen-bond donors (Lipinski definition) is 2. The quantitative estimate of drug-likeness (QED) is 0.230. The standard InChI is InChI=1S/2C22H20NO.2ClH.Zr/c2*1-14-3-7-18-11-19(21-10-4-15(2)24-21)12-20(18)22(14)17-8-5-16(13-23)6-9-17;;;/h2*3-12H,13,23H2,1-2H3;2*1H;/q2*-1;;;+4/p-2. The normalized spacial score (nSPS) is 10.6. The summed E-state index contributed by atoms with van der Waals surface area (Å²) in [4.78, 5) is 0. The van der Waals surface area contributed by atoms with Crippen molar-refractivity contribution in [3.8, 4) is 44.9 Å². The van der Waals surface area contributed by atoms with Crippen LogP contribution in [0.15, 0.2) is 130 Å². The Morgan fingerprint density at radius 1 is 0.490 bits per heavy atom. The maximum absolute atomic E-state index is 5.79. The van der Waals surface area contributed by atoms with Crippen LogP contribution >= 0.6 is 0 Å². The average Bonchev–Trinajstić information content (AvgIpc) is 3.92. The Morgan fingerprint density at radius 2 is 0.863 bits per heavy atom. The second-order valence-corrected chi connectivity index (χ2v) is 12.6. The fourth-order valence-corrected chi connectivity index (χ4v) is 6.63. The van der Waals surface area contributed by atoms with Crippen LogP contribution in [0.5, 0.6) is 0 Å². The topological polar surface area (TPSA) is 78.3 Å². The molecule has 0 amide bonds. The van der Waals surface area contributed by atoms with E-state index in [0.717, 1.165) is 45.3 Å². The molecule has 4 nitrogen and oxygen atoms in total. The Morgan fingerprint density at radius 3 is 1.18 bits per heavy atom. The van der Waals surface area contributed by atoms with E-state index in [1.54, 1.807) is 0 Å². The Bertz CT molecular complexity index is 2190. The third-order valence-corrected chi connectivity index (χ3v) is 9.20. The molecule has 256 valence electrons. The zero-order valence-electron chi connectivity index (χ0n) is 29.2. The third-order valence-electron chi connectivity index (χ3n) is 9.20. The number of aryl methyl sites for hydroxylation is 4. The van der Waals surface area contributed by atoms with Gasteiger partial charge in [-0.1, -0.05) is 82.9 Å². The van der Waals surface area contributed by atoms with Crippen LogP contribution in [-0.4, -0.2) is 0 Å². The Kier molecular flexibility index (Phi) is 13.3. The predicted molar refractivity (Wildman–Crippen MR) is 200 cm³/mol. The van der Waals surface area contributed by atoms with Crippen molar-refractivity contribution in [1.29, 1.82) is 0 Å². The Balaban J connectivity index is 0.000000216. The van der Waals surface area contributed by atoms with E-state index < -0.39 is 0 Å². The van der Waals surface area contributed by atoms with Gasteiger partial charge in [-0.05, 0) is 85.3 Å². The SMILES string of the molecule is Cc1ccc(-c2cc3c(-c4ccc(CN)cc4)c(C)ccc3[cH-]2)o1.Cc1ccc(-c2cc3c(-c4ccc(CN)cc4)c(C)ccc3[cH-]2)o1.[Cl-].[Cl-].[Zr+4]. The monoisotopic (exact) mass is 788 g/mol. The molecule has 4 N–H and O–H groups in total. The van der Waals surface area contributed by atoms with Gasteiger partial charge in [0.2, 0.25) is 0 Å². The van der Waals surface area contributed by atoms with E-state index in [-0.39, 0.29) is 51.0 Å². The predicted octanol–water partition coefficient (Wildman–Crippen LogP) is 5.13. The van der Waals surface area contributed by atoms with Gasteiger partial charge in [-0.15, -0.1) is 57.9 Å². The van der Waals surface area contributed by atoms with Crippen LogP contribution in [0.4, 0.5) is 0 Å². The van der Waals surface area contributed by atoms with Gasteiger partial charge < -0.3 is 45.1 Å². The molecule has 0 fully saturated rings. The van der Waals surface area contributed by atoms with Gasteiger partial charge in [-0.3, -0.25) is 0 Å². The van der Waals surface area contributed by atoms with Crippen LogP contribution in [0, 0.1) is 27.7 Å². The zero-order valence-corrected chi connectivity index (χ0v) is 33.2. The van der Waals surface area contributed by atoms with Gasteiger partial charge in [-0.25, -0.2) is 0 Å². The first-order valence-electron chi connectivity index (χ1n) is 16.4. The zero-order chi connectivity index (χ0) is 33.4. The summed E-state index contributed by atoms with van der Waals surface area (Å²) in [6.45, 7) is 9.41. The van der Waals surface area contributed by atoms with Gasteiger partial charge in [0.15, 0.2) is 0 Å². The Labute approximate surface area is 331 Å². The second-order valence-electron chi connectivity index (χ2n) is 12.6. The minimum atomic E-state index is 0. The fourth-order valence-electron chi connectivity index (χ4n) is 6.63. The van der Waals surface area contributed by atoms with Crippen LogP contribution in [-0.2, 0) is 39.3 Å². The minimum Gasteiger partial charge on any atom is -1.00 e. The number of rotatable bonds is 6. The van der Waals surface area contributed by atoms with Crippen molar-refractivity contribution in [1.82, 2.24) is 0 Å². The van der Waals surface area contributed by atoms with Gasteiger partial charge in [0.25, 0.3) is 0 Å². The van der Waals surface area contributed by atoms with Gasteiger partial charge in [0.05, 0.1) is 23.0 Å². The molecule has 51 heavy (non-hydrogen) atoms. The second kappa shape index (κ2) is 17.0. The summed E-state index contributed by atoms with van der Waals surface area (Å²) in [5, 5.41) is 5.00. The van der Waals surface area contributed by atoms with Crippen molar-refractivity contribution in [3.05, 3.63) is 155 Å². The first kappa shape index (κ1) is 39.8. The van der Waals surface area contributed by atoms with Crippen molar-refractivity contribution >= 4 is 21.5 Å². The summed E-state index contributed by atoms with van der Waals surface area (Å²) >= 11 is 0. The van der Waals surface area contributed by atoms with E-state index in [1.807, 2.05) is 38.1 Å². The smallest absolute Gasteiger partial charge is 1.00 e. The molecular formula is C44H40Cl2N2O2Zr. The first-order valence-corrected chi connectivity index (χ1v) is 16.4. The summed E-state index contributed by atoms with van der Waals surface area (Å²) < 4.78 is 11.6. The molecule has 0 saturated heterocycles. The number of fused-ring (bicyclic) bond motifs is 2. The van der Waals surface area contributed by atoms with Crippen molar-refractivity contribution < 1.29 is 59.9 Å². The van der Waals surface area contributed by atoms with Crippen LogP contribution < -0.4 is 36.3 Å². The Hall–Kier alpha value is -3.96. The van der Waals surface area contributed by atoms with Gasteiger partial charge >= 0.3 is 26.2 Å². The molecular weight excluding hydrogens is 751 g/mol. The van der Waals surface area contributed by atoms with Crippen LogP contribution in [0.1, 0.15) is 33.8 Å². The summed E-state index contributed by atoms with van der Waals surface area (Å²) in [7, 11) is 0. The number of hydrogen-bond acceptors (Lipinski definition) is 4. The summed E-state index contributed by atoms with van der Waals surface area (Å²) in [5.41, 5.74) is 23.6. The van der Waals surface area contributed by atoms with Crippen LogP contribution in [0.3, 0.4) is 0 Å². The van der Waals surface area contributed by atoms with E-state index >= 15 is 0 Å². The molecule has 2 heterocycles. The average molecular weight is 791 g/mol. The first-order chi connectivity index (χ1) is 23.3. The molecule has 0 aliphatic heterocycles. The molecule has 0 aliphatic carbocycles. The van der Waals surface area contributed by atoms with Gasteiger partial charge in [0, 0.05) is 13.1 Å². The number of furan rings is 2. The van der Waals surface area contributed by atoms with E-state index in [0.29, 0.717) is 13.1 Å². The minimum absolute atomic E-state index is 0. The molecule has 8 rings (SSSR count). The molecule has 6 aromatic carbocycles. The van der Waals surface area contributed by atoms with Crippen molar-refractivity contribution in [2.75, 3.05) is 0 Å². The fraction of sp³-hybridized carbons (Fsp3) is 0.136.